The Kier molecular flexibility index (Phi) is 4.52. The van der Waals surface area contributed by atoms with E-state index in [1.54, 1.807) is 26.3 Å². The van der Waals surface area contributed by atoms with Gasteiger partial charge in [0, 0.05) is 12.1 Å². The van der Waals surface area contributed by atoms with Crippen LogP contribution in [0, 0.1) is 0 Å². The van der Waals surface area contributed by atoms with Crippen LogP contribution in [0.15, 0.2) is 18.2 Å². The molecule has 112 valence electrons. The maximum absolute atomic E-state index is 11.5. The first kappa shape index (κ1) is 15.1. The van der Waals surface area contributed by atoms with Gasteiger partial charge in [0.1, 0.15) is 23.7 Å². The summed E-state index contributed by atoms with van der Waals surface area (Å²) in [5.74, 6) is 0.859. The van der Waals surface area contributed by atoms with Crippen molar-refractivity contribution in [3.05, 3.63) is 23.8 Å². The predicted octanol–water partition coefficient (Wildman–Crippen LogP) is -0.0487. The van der Waals surface area contributed by atoms with Crippen molar-refractivity contribution < 1.29 is 23.0 Å². The van der Waals surface area contributed by atoms with Crippen LogP contribution in [0.1, 0.15) is 5.56 Å². The molecule has 0 aliphatic carbocycles. The number of hydrogen-bond donors (Lipinski definition) is 2. The van der Waals surface area contributed by atoms with Gasteiger partial charge in [-0.1, -0.05) is 0 Å². The van der Waals surface area contributed by atoms with Crippen molar-refractivity contribution in [2.45, 2.75) is 18.8 Å². The third-order valence-electron chi connectivity index (χ3n) is 3.19. The minimum absolute atomic E-state index is 0.154. The molecule has 0 aromatic heterocycles. The quantitative estimate of drug-likeness (QED) is 0.793. The van der Waals surface area contributed by atoms with Gasteiger partial charge in [0.25, 0.3) is 0 Å². The van der Waals surface area contributed by atoms with Crippen LogP contribution in [-0.2, 0) is 16.4 Å². The van der Waals surface area contributed by atoms with Crippen LogP contribution >= 0.6 is 0 Å². The van der Waals surface area contributed by atoms with E-state index in [1.807, 2.05) is 6.07 Å². The third-order valence-corrected chi connectivity index (χ3v) is 4.87. The lowest BCUT2D eigenvalue weighted by atomic mass is 10.1. The van der Waals surface area contributed by atoms with Gasteiger partial charge in [0.05, 0.1) is 18.6 Å². The van der Waals surface area contributed by atoms with Crippen molar-refractivity contribution in [3.63, 3.8) is 0 Å². The molecule has 0 amide bonds. The molecule has 0 saturated carbocycles. The highest BCUT2D eigenvalue weighted by molar-refractivity contribution is 7.91. The Morgan fingerprint density at radius 3 is 2.70 bits per heavy atom. The second-order valence-electron chi connectivity index (χ2n) is 4.80. The van der Waals surface area contributed by atoms with E-state index in [0.717, 1.165) is 5.56 Å². The number of nitrogens with one attached hydrogen (secondary N) is 1. The Labute approximate surface area is 118 Å². The smallest absolute Gasteiger partial charge is 0.156 e. The summed E-state index contributed by atoms with van der Waals surface area (Å²) in [4.78, 5) is 0. The lowest BCUT2D eigenvalue weighted by Crippen LogP contribution is -2.30. The second kappa shape index (κ2) is 5.99. The fourth-order valence-electron chi connectivity index (χ4n) is 2.20. The zero-order valence-corrected chi connectivity index (χ0v) is 12.3. The Morgan fingerprint density at radius 1 is 1.40 bits per heavy atom. The van der Waals surface area contributed by atoms with Gasteiger partial charge in [-0.05, 0) is 25.2 Å². The molecule has 2 rings (SSSR count). The van der Waals surface area contributed by atoms with Gasteiger partial charge < -0.3 is 19.9 Å². The Balaban J connectivity index is 2.20. The van der Waals surface area contributed by atoms with Crippen LogP contribution in [0.4, 0.5) is 0 Å². The fourth-order valence-corrected chi connectivity index (χ4v) is 3.86. The predicted molar refractivity (Wildman–Crippen MR) is 74.8 cm³/mol. The van der Waals surface area contributed by atoms with E-state index < -0.39 is 22.0 Å². The number of benzene rings is 1. The van der Waals surface area contributed by atoms with Gasteiger partial charge in [-0.25, -0.2) is 8.42 Å². The minimum atomic E-state index is -3.22. The molecule has 0 radical (unpaired) electrons. The number of ether oxygens (including phenoxy) is 2. The van der Waals surface area contributed by atoms with E-state index in [4.69, 9.17) is 9.47 Å². The highest BCUT2D eigenvalue weighted by atomic mass is 32.2. The van der Waals surface area contributed by atoms with E-state index >= 15 is 0 Å². The van der Waals surface area contributed by atoms with E-state index in [9.17, 15) is 13.5 Å². The summed E-state index contributed by atoms with van der Waals surface area (Å²) in [6.45, 7) is 0.558. The lowest BCUT2D eigenvalue weighted by molar-refractivity contribution is 0.0730. The molecule has 6 nitrogen and oxygen atoms in total. The van der Waals surface area contributed by atoms with Gasteiger partial charge in [0.2, 0.25) is 0 Å². The summed E-state index contributed by atoms with van der Waals surface area (Å²) < 4.78 is 33.8. The molecule has 1 aromatic carbocycles. The van der Waals surface area contributed by atoms with Crippen molar-refractivity contribution in [3.8, 4) is 11.5 Å². The minimum Gasteiger partial charge on any atom is -0.497 e. The topological polar surface area (TPSA) is 84.9 Å². The Bertz CT molecular complexity index is 572. The van der Waals surface area contributed by atoms with Crippen LogP contribution in [0.2, 0.25) is 0 Å². The second-order valence-corrected chi connectivity index (χ2v) is 6.96. The fraction of sp³-hybridized carbons (Fsp3) is 0.538. The SMILES string of the molecule is CNCc1cc(OC)ccc1OC1CS(=O)(=O)CC1O. The molecule has 1 saturated heterocycles. The highest BCUT2D eigenvalue weighted by Crippen LogP contribution is 2.27. The standard InChI is InChI=1S/C13H19NO5S/c1-14-6-9-5-10(18-2)3-4-12(9)19-13-8-20(16,17)7-11(13)15/h3-5,11,13-15H,6-8H2,1-2H3. The maximum Gasteiger partial charge on any atom is 0.156 e. The van der Waals surface area contributed by atoms with E-state index in [0.29, 0.717) is 18.0 Å². The normalized spacial score (nSPS) is 24.6. The van der Waals surface area contributed by atoms with Crippen molar-refractivity contribution in [1.29, 1.82) is 0 Å². The summed E-state index contributed by atoms with van der Waals surface area (Å²) in [5, 5.41) is 12.8. The first-order valence-corrected chi connectivity index (χ1v) is 8.14. The third kappa shape index (κ3) is 3.41. The summed E-state index contributed by atoms with van der Waals surface area (Å²) in [6.07, 6.45) is -1.70. The number of rotatable bonds is 5. The molecule has 20 heavy (non-hydrogen) atoms. The van der Waals surface area contributed by atoms with Gasteiger partial charge in [-0.3, -0.25) is 0 Å². The first-order valence-electron chi connectivity index (χ1n) is 6.32. The van der Waals surface area contributed by atoms with Gasteiger partial charge in [-0.15, -0.1) is 0 Å². The number of aliphatic hydroxyl groups is 1. The maximum atomic E-state index is 11.5. The van der Waals surface area contributed by atoms with Gasteiger partial charge >= 0.3 is 0 Å². The van der Waals surface area contributed by atoms with Crippen LogP contribution in [-0.4, -0.2) is 51.4 Å². The zero-order chi connectivity index (χ0) is 14.8. The largest absolute Gasteiger partial charge is 0.497 e. The van der Waals surface area contributed by atoms with Crippen molar-refractivity contribution in [1.82, 2.24) is 5.32 Å². The zero-order valence-electron chi connectivity index (χ0n) is 11.5. The van der Waals surface area contributed by atoms with Crippen LogP contribution < -0.4 is 14.8 Å². The average molecular weight is 301 g/mol. The summed E-state index contributed by atoms with van der Waals surface area (Å²) in [7, 11) is 0.161. The summed E-state index contributed by atoms with van der Waals surface area (Å²) >= 11 is 0. The molecule has 0 spiro atoms. The summed E-state index contributed by atoms with van der Waals surface area (Å²) in [5.41, 5.74) is 0.850. The van der Waals surface area contributed by atoms with Crippen LogP contribution in [0.3, 0.4) is 0 Å². The van der Waals surface area contributed by atoms with Gasteiger partial charge in [0.15, 0.2) is 9.84 Å². The monoisotopic (exact) mass is 301 g/mol. The molecule has 0 bridgehead atoms. The molecule has 2 N–H and O–H groups in total. The van der Waals surface area contributed by atoms with Crippen LogP contribution in [0.25, 0.3) is 0 Å². The first-order chi connectivity index (χ1) is 9.45. The lowest BCUT2D eigenvalue weighted by Gasteiger charge is -2.19. The van der Waals surface area contributed by atoms with E-state index in [-0.39, 0.29) is 11.5 Å². The van der Waals surface area contributed by atoms with E-state index in [1.165, 1.54) is 0 Å². The number of aliphatic hydroxyl groups excluding tert-OH is 1. The summed E-state index contributed by atoms with van der Waals surface area (Å²) in [6, 6.07) is 5.29. The van der Waals surface area contributed by atoms with E-state index in [2.05, 4.69) is 5.32 Å². The molecule has 1 aliphatic rings. The molecular weight excluding hydrogens is 282 g/mol. The van der Waals surface area contributed by atoms with Crippen molar-refractivity contribution >= 4 is 9.84 Å². The van der Waals surface area contributed by atoms with Crippen molar-refractivity contribution in [2.75, 3.05) is 25.7 Å². The molecule has 1 aromatic rings. The molecule has 7 heteroatoms. The Hall–Kier alpha value is -1.31. The van der Waals surface area contributed by atoms with Crippen molar-refractivity contribution in [2.24, 2.45) is 0 Å². The number of methoxy groups -OCH3 is 1. The molecular formula is C13H19NO5S. The highest BCUT2D eigenvalue weighted by Gasteiger charge is 2.38. The molecule has 1 heterocycles. The average Bonchev–Trinajstić information content (AvgIpc) is 2.64. The molecule has 1 fully saturated rings. The van der Waals surface area contributed by atoms with Gasteiger partial charge in [-0.2, -0.15) is 0 Å². The Morgan fingerprint density at radius 2 is 2.15 bits per heavy atom. The number of sulfone groups is 1. The number of hydrogen-bond acceptors (Lipinski definition) is 6. The molecule has 1 aliphatic heterocycles. The molecule has 2 atom stereocenters. The van der Waals surface area contributed by atoms with Crippen LogP contribution in [0.5, 0.6) is 11.5 Å². The molecule has 2 unspecified atom stereocenters.